The van der Waals surface area contributed by atoms with Gasteiger partial charge in [-0.05, 0) is 55.0 Å². The van der Waals surface area contributed by atoms with Gasteiger partial charge >= 0.3 is 0 Å². The zero-order chi connectivity index (χ0) is 20.7. The van der Waals surface area contributed by atoms with Gasteiger partial charge in [0, 0.05) is 45.1 Å². The van der Waals surface area contributed by atoms with Gasteiger partial charge in [0.2, 0.25) is 0 Å². The van der Waals surface area contributed by atoms with Crippen molar-refractivity contribution in [3.05, 3.63) is 77.9 Å². The van der Waals surface area contributed by atoms with Crippen LogP contribution in [0.1, 0.15) is 22.8 Å². The molecule has 0 N–H and O–H groups in total. The summed E-state index contributed by atoms with van der Waals surface area (Å²) in [6, 6.07) is 15.4. The van der Waals surface area contributed by atoms with Crippen LogP contribution in [0.4, 0.5) is 11.4 Å². The van der Waals surface area contributed by atoms with Gasteiger partial charge in [0.05, 0.1) is 5.92 Å². The molecular weight excluding hydrogens is 348 g/mol. The molecule has 0 aliphatic heterocycles. The summed E-state index contributed by atoms with van der Waals surface area (Å²) in [5.74, 6) is -1.06. The lowest BCUT2D eigenvalue weighted by Crippen LogP contribution is -2.19. The fraction of sp³-hybridized carbons (Fsp3) is 0.250. The molecule has 0 radical (unpaired) electrons. The Bertz CT molecular complexity index is 860. The minimum atomic E-state index is -0.700. The van der Waals surface area contributed by atoms with Crippen LogP contribution in [0.2, 0.25) is 0 Å². The molecule has 0 aliphatic rings. The third-order valence-electron chi connectivity index (χ3n) is 4.56. The molecule has 0 aromatic heterocycles. The molecule has 2 aromatic rings. The molecule has 0 aliphatic carbocycles. The summed E-state index contributed by atoms with van der Waals surface area (Å²) in [6.45, 7) is 1.65. The van der Waals surface area contributed by atoms with Crippen molar-refractivity contribution in [1.82, 2.24) is 0 Å². The van der Waals surface area contributed by atoms with E-state index in [1.807, 2.05) is 86.5 Å². The highest BCUT2D eigenvalue weighted by molar-refractivity contribution is 6.13. The number of nitrogens with zero attached hydrogens (tertiary/aromatic N) is 2. The summed E-state index contributed by atoms with van der Waals surface area (Å²) in [5, 5.41) is 0. The fourth-order valence-electron chi connectivity index (χ4n) is 2.65. The highest BCUT2D eigenvalue weighted by Gasteiger charge is 2.20. The van der Waals surface area contributed by atoms with E-state index in [1.54, 1.807) is 25.1 Å². The highest BCUT2D eigenvalue weighted by atomic mass is 16.1. The van der Waals surface area contributed by atoms with Crippen LogP contribution in [0.5, 0.6) is 0 Å². The molecule has 0 saturated heterocycles. The third-order valence-corrected chi connectivity index (χ3v) is 4.56. The quantitative estimate of drug-likeness (QED) is 0.295. The zero-order valence-corrected chi connectivity index (χ0v) is 17.2. The van der Waals surface area contributed by atoms with E-state index < -0.39 is 5.92 Å². The van der Waals surface area contributed by atoms with Gasteiger partial charge in [-0.25, -0.2) is 0 Å². The molecule has 2 rings (SSSR count). The SMILES string of the molecule is CC(C(=O)/C=C/C=C/c1ccc(N(C)C)cc1)C(=O)c1ccc(N(C)C)cc1. The number of carbonyl (C=O) groups is 2. The molecule has 0 heterocycles. The van der Waals surface area contributed by atoms with Crippen LogP contribution in [-0.2, 0) is 4.79 Å². The average molecular weight is 377 g/mol. The Hall–Kier alpha value is -3.14. The minimum absolute atomic E-state index is 0.164. The van der Waals surface area contributed by atoms with Crippen LogP contribution in [0.3, 0.4) is 0 Å². The maximum absolute atomic E-state index is 12.5. The predicted octanol–water partition coefficient (Wildman–Crippen LogP) is 4.48. The molecule has 4 nitrogen and oxygen atoms in total. The molecule has 0 fully saturated rings. The summed E-state index contributed by atoms with van der Waals surface area (Å²) in [4.78, 5) is 28.8. The molecule has 1 atom stereocenters. The second-order valence-electron chi connectivity index (χ2n) is 7.13. The van der Waals surface area contributed by atoms with Crippen molar-refractivity contribution >= 4 is 29.0 Å². The lowest BCUT2D eigenvalue weighted by molar-refractivity contribution is -0.116. The topological polar surface area (TPSA) is 40.6 Å². The second-order valence-corrected chi connectivity index (χ2v) is 7.13. The van der Waals surface area contributed by atoms with E-state index in [9.17, 15) is 9.59 Å². The molecule has 146 valence electrons. The molecule has 0 amide bonds. The molecule has 0 saturated carbocycles. The van der Waals surface area contributed by atoms with Crippen molar-refractivity contribution < 1.29 is 9.59 Å². The number of allylic oxidation sites excluding steroid dienone is 3. The molecule has 28 heavy (non-hydrogen) atoms. The number of benzene rings is 2. The first-order valence-electron chi connectivity index (χ1n) is 9.27. The Morgan fingerprint density at radius 1 is 0.786 bits per heavy atom. The molecular formula is C24H28N2O2. The van der Waals surface area contributed by atoms with E-state index in [2.05, 4.69) is 0 Å². The van der Waals surface area contributed by atoms with Gasteiger partial charge in [-0.15, -0.1) is 0 Å². The van der Waals surface area contributed by atoms with E-state index in [-0.39, 0.29) is 11.6 Å². The van der Waals surface area contributed by atoms with Crippen LogP contribution in [0.25, 0.3) is 6.08 Å². The first-order chi connectivity index (χ1) is 13.3. The molecule has 0 spiro atoms. The van der Waals surface area contributed by atoms with E-state index in [4.69, 9.17) is 0 Å². The number of anilines is 2. The fourth-order valence-corrected chi connectivity index (χ4v) is 2.65. The van der Waals surface area contributed by atoms with Crippen LogP contribution in [-0.4, -0.2) is 39.8 Å². The lowest BCUT2D eigenvalue weighted by atomic mass is 9.95. The minimum Gasteiger partial charge on any atom is -0.378 e. The number of ketones is 2. The van der Waals surface area contributed by atoms with E-state index >= 15 is 0 Å². The second kappa shape index (κ2) is 9.70. The van der Waals surface area contributed by atoms with Gasteiger partial charge in [-0.2, -0.15) is 0 Å². The van der Waals surface area contributed by atoms with Crippen LogP contribution in [0, 0.1) is 5.92 Å². The van der Waals surface area contributed by atoms with E-state index in [0.717, 1.165) is 16.9 Å². The standard InChI is InChI=1S/C24H28N2O2/c1-18(24(28)20-12-16-22(17-13-20)26(4)5)23(27)9-7-6-8-19-10-14-21(15-11-19)25(2)3/h6-18H,1-5H3/b8-6+,9-7+. The maximum Gasteiger partial charge on any atom is 0.173 e. The Kier molecular flexibility index (Phi) is 7.33. The average Bonchev–Trinajstić information content (AvgIpc) is 2.70. The van der Waals surface area contributed by atoms with E-state index in [1.165, 1.54) is 6.08 Å². The molecule has 2 aromatic carbocycles. The third kappa shape index (κ3) is 5.68. The van der Waals surface area contributed by atoms with Crippen molar-refractivity contribution in [3.63, 3.8) is 0 Å². The first-order valence-corrected chi connectivity index (χ1v) is 9.27. The molecule has 1 unspecified atom stereocenters. The van der Waals surface area contributed by atoms with Crippen LogP contribution >= 0.6 is 0 Å². The van der Waals surface area contributed by atoms with Gasteiger partial charge in [-0.3, -0.25) is 9.59 Å². The smallest absolute Gasteiger partial charge is 0.173 e. The summed E-state index contributed by atoms with van der Waals surface area (Å²) in [5.41, 5.74) is 3.75. The highest BCUT2D eigenvalue weighted by Crippen LogP contribution is 2.16. The van der Waals surface area contributed by atoms with Gasteiger partial charge in [0.25, 0.3) is 0 Å². The van der Waals surface area contributed by atoms with Crippen LogP contribution in [0.15, 0.2) is 66.8 Å². The van der Waals surface area contributed by atoms with Crippen molar-refractivity contribution in [2.45, 2.75) is 6.92 Å². The van der Waals surface area contributed by atoms with Crippen molar-refractivity contribution in [1.29, 1.82) is 0 Å². The monoisotopic (exact) mass is 376 g/mol. The number of hydrogen-bond acceptors (Lipinski definition) is 4. The summed E-state index contributed by atoms with van der Waals surface area (Å²) < 4.78 is 0. The number of carbonyl (C=O) groups excluding carboxylic acids is 2. The normalized spacial score (nSPS) is 12.3. The maximum atomic E-state index is 12.5. The number of rotatable bonds is 8. The number of hydrogen-bond donors (Lipinski definition) is 0. The van der Waals surface area contributed by atoms with Crippen molar-refractivity contribution in [2.24, 2.45) is 5.92 Å². The Morgan fingerprint density at radius 2 is 1.29 bits per heavy atom. The van der Waals surface area contributed by atoms with Gasteiger partial charge in [0.1, 0.15) is 0 Å². The lowest BCUT2D eigenvalue weighted by Gasteiger charge is -2.13. The largest absolute Gasteiger partial charge is 0.378 e. The van der Waals surface area contributed by atoms with E-state index in [0.29, 0.717) is 5.56 Å². The van der Waals surface area contributed by atoms with Crippen molar-refractivity contribution in [3.8, 4) is 0 Å². The molecule has 0 bridgehead atoms. The Labute approximate surface area is 167 Å². The Balaban J connectivity index is 1.95. The Morgan fingerprint density at radius 3 is 1.79 bits per heavy atom. The summed E-state index contributed by atoms with van der Waals surface area (Å²) in [6.07, 6.45) is 6.88. The summed E-state index contributed by atoms with van der Waals surface area (Å²) >= 11 is 0. The first kappa shape index (κ1) is 21.2. The summed E-state index contributed by atoms with van der Waals surface area (Å²) in [7, 11) is 7.88. The van der Waals surface area contributed by atoms with Crippen LogP contribution < -0.4 is 9.80 Å². The van der Waals surface area contributed by atoms with Gasteiger partial charge in [0.15, 0.2) is 11.6 Å². The van der Waals surface area contributed by atoms with Gasteiger partial charge in [-0.1, -0.05) is 30.4 Å². The number of Topliss-reactive ketones (excluding diaryl/α,β-unsaturated/α-hetero) is 1. The predicted molar refractivity (Wildman–Crippen MR) is 118 cm³/mol. The van der Waals surface area contributed by atoms with Gasteiger partial charge < -0.3 is 9.80 Å². The molecule has 4 heteroatoms. The zero-order valence-electron chi connectivity index (χ0n) is 17.2. The van der Waals surface area contributed by atoms with Crippen molar-refractivity contribution in [2.75, 3.05) is 38.0 Å².